The molecule has 0 aromatic heterocycles. The van der Waals surface area contributed by atoms with Crippen LogP contribution in [0.4, 0.5) is 0 Å². The molecule has 2 rings (SSSR count). The Kier molecular flexibility index (Phi) is 6.73. The first-order valence-corrected chi connectivity index (χ1v) is 8.83. The largest absolute Gasteiger partial charge is 0.467 e. The third-order valence-corrected chi connectivity index (χ3v) is 4.76. The molecule has 2 aromatic rings. The van der Waals surface area contributed by atoms with Gasteiger partial charge in [0.15, 0.2) is 0 Å². The second-order valence-corrected chi connectivity index (χ2v) is 6.67. The van der Waals surface area contributed by atoms with E-state index in [1.165, 1.54) is 7.11 Å². The second kappa shape index (κ2) is 9.00. The molecule has 0 heterocycles. The van der Waals surface area contributed by atoms with Crippen LogP contribution in [0.3, 0.4) is 0 Å². The van der Waals surface area contributed by atoms with Gasteiger partial charge in [0.2, 0.25) is 5.91 Å². The molecule has 0 saturated heterocycles. The summed E-state index contributed by atoms with van der Waals surface area (Å²) < 4.78 is 4.82. The molecule has 0 aliphatic heterocycles. The van der Waals surface area contributed by atoms with Gasteiger partial charge in [-0.1, -0.05) is 60.7 Å². The fraction of sp³-hybridized carbons (Fsp3) is 0.318. The van der Waals surface area contributed by atoms with E-state index < -0.39 is 23.3 Å². The highest BCUT2D eigenvalue weighted by molar-refractivity contribution is 5.94. The monoisotopic (exact) mass is 364 g/mol. The van der Waals surface area contributed by atoms with Gasteiger partial charge < -0.3 is 10.1 Å². The van der Waals surface area contributed by atoms with Crippen molar-refractivity contribution in [2.45, 2.75) is 31.7 Å². The van der Waals surface area contributed by atoms with Crippen molar-refractivity contribution in [1.29, 1.82) is 5.26 Å². The van der Waals surface area contributed by atoms with Crippen LogP contribution in [-0.2, 0) is 19.7 Å². The number of amides is 1. The molecule has 0 bridgehead atoms. The summed E-state index contributed by atoms with van der Waals surface area (Å²) in [6, 6.07) is 20.0. The number of carbonyl (C=O) groups excluding carboxylic acids is 2. The Bertz CT molecular complexity index is 773. The molecular formula is C22H24N2O3. The van der Waals surface area contributed by atoms with E-state index in [0.29, 0.717) is 0 Å². The van der Waals surface area contributed by atoms with Crippen molar-refractivity contribution in [2.24, 2.45) is 5.92 Å². The first-order chi connectivity index (χ1) is 12.9. The van der Waals surface area contributed by atoms with Crippen LogP contribution in [0.25, 0.3) is 0 Å². The average molecular weight is 364 g/mol. The van der Waals surface area contributed by atoms with E-state index in [0.717, 1.165) is 11.1 Å². The summed E-state index contributed by atoms with van der Waals surface area (Å²) in [4.78, 5) is 25.5. The molecule has 0 saturated carbocycles. The van der Waals surface area contributed by atoms with E-state index >= 15 is 0 Å². The predicted molar refractivity (Wildman–Crippen MR) is 103 cm³/mol. The molecule has 5 nitrogen and oxygen atoms in total. The first-order valence-electron chi connectivity index (χ1n) is 8.83. The maximum Gasteiger partial charge on any atom is 0.328 e. The fourth-order valence-corrected chi connectivity index (χ4v) is 3.04. The summed E-state index contributed by atoms with van der Waals surface area (Å²) in [7, 11) is 1.27. The van der Waals surface area contributed by atoms with Crippen molar-refractivity contribution in [3.05, 3.63) is 71.8 Å². The fourth-order valence-electron chi connectivity index (χ4n) is 3.04. The number of nitriles is 1. The van der Waals surface area contributed by atoms with E-state index in [9.17, 15) is 9.59 Å². The van der Waals surface area contributed by atoms with Crippen molar-refractivity contribution < 1.29 is 14.3 Å². The lowest BCUT2D eigenvalue weighted by molar-refractivity contribution is -0.146. The van der Waals surface area contributed by atoms with Gasteiger partial charge >= 0.3 is 5.97 Å². The summed E-state index contributed by atoms with van der Waals surface area (Å²) in [5.74, 6) is -1.27. The normalized spacial score (nSPS) is 13.1. The minimum atomic E-state index is -0.995. The minimum Gasteiger partial charge on any atom is -0.467 e. The molecule has 140 valence electrons. The van der Waals surface area contributed by atoms with Crippen molar-refractivity contribution in [3.63, 3.8) is 0 Å². The smallest absolute Gasteiger partial charge is 0.328 e. The standard InChI is InChI=1S/C22H24N2O3/c1-16(15-23)14-19(20(25)27-3)24-21(26)22(2,17-10-6-4-7-11-17)18-12-8-5-9-13-18/h4-13,16,19H,14H2,1-3H3,(H,24,26)/t16-,19-/m1/s1. The van der Waals surface area contributed by atoms with Gasteiger partial charge in [0.05, 0.1) is 18.6 Å². The Morgan fingerprint density at radius 1 is 1.07 bits per heavy atom. The van der Waals surface area contributed by atoms with E-state index in [-0.39, 0.29) is 12.3 Å². The van der Waals surface area contributed by atoms with Crippen LogP contribution in [0.5, 0.6) is 0 Å². The van der Waals surface area contributed by atoms with E-state index in [1.54, 1.807) is 6.92 Å². The number of nitrogens with one attached hydrogen (secondary N) is 1. The lowest BCUT2D eigenvalue weighted by Gasteiger charge is -2.31. The van der Waals surface area contributed by atoms with Gasteiger partial charge in [-0.3, -0.25) is 4.79 Å². The van der Waals surface area contributed by atoms with Crippen LogP contribution in [0.15, 0.2) is 60.7 Å². The molecule has 0 spiro atoms. The summed E-state index contributed by atoms with van der Waals surface area (Å²) in [5.41, 5.74) is 0.626. The molecule has 5 heteroatoms. The summed E-state index contributed by atoms with van der Waals surface area (Å²) in [6.45, 7) is 3.53. The van der Waals surface area contributed by atoms with Crippen LogP contribution in [-0.4, -0.2) is 25.0 Å². The zero-order valence-electron chi connectivity index (χ0n) is 15.8. The Balaban J connectivity index is 2.42. The highest BCUT2D eigenvalue weighted by Crippen LogP contribution is 2.32. The molecule has 0 radical (unpaired) electrons. The first kappa shape index (κ1) is 20.2. The Morgan fingerprint density at radius 2 is 1.56 bits per heavy atom. The highest BCUT2D eigenvalue weighted by Gasteiger charge is 2.39. The van der Waals surface area contributed by atoms with Gasteiger partial charge in [0.1, 0.15) is 6.04 Å². The third-order valence-electron chi connectivity index (χ3n) is 4.76. The van der Waals surface area contributed by atoms with Gasteiger partial charge in [-0.05, 0) is 31.4 Å². The van der Waals surface area contributed by atoms with Crippen LogP contribution < -0.4 is 5.32 Å². The lowest BCUT2D eigenvalue weighted by atomic mass is 9.75. The van der Waals surface area contributed by atoms with Crippen LogP contribution in [0.1, 0.15) is 31.4 Å². The van der Waals surface area contributed by atoms with Crippen molar-refractivity contribution >= 4 is 11.9 Å². The van der Waals surface area contributed by atoms with Gasteiger partial charge in [-0.2, -0.15) is 5.26 Å². The van der Waals surface area contributed by atoms with E-state index in [4.69, 9.17) is 10.00 Å². The number of rotatable bonds is 7. The minimum absolute atomic E-state index is 0.189. The number of hydrogen-bond donors (Lipinski definition) is 1. The Labute approximate surface area is 160 Å². The Morgan fingerprint density at radius 3 is 1.96 bits per heavy atom. The summed E-state index contributed by atoms with van der Waals surface area (Å²) in [5, 5.41) is 11.9. The molecule has 1 N–H and O–H groups in total. The van der Waals surface area contributed by atoms with Gasteiger partial charge in [-0.25, -0.2) is 4.79 Å². The maximum absolute atomic E-state index is 13.4. The van der Waals surface area contributed by atoms with Gasteiger partial charge in [-0.15, -0.1) is 0 Å². The third kappa shape index (κ3) is 4.53. The van der Waals surface area contributed by atoms with E-state index in [2.05, 4.69) is 11.4 Å². The molecule has 0 aliphatic carbocycles. The van der Waals surface area contributed by atoms with Crippen molar-refractivity contribution in [1.82, 2.24) is 5.32 Å². The molecule has 1 amide bonds. The zero-order chi connectivity index (χ0) is 19.9. The zero-order valence-corrected chi connectivity index (χ0v) is 15.8. The number of hydrogen-bond acceptors (Lipinski definition) is 4. The molecular weight excluding hydrogens is 340 g/mol. The molecule has 2 atom stereocenters. The van der Waals surface area contributed by atoms with Crippen LogP contribution in [0.2, 0.25) is 0 Å². The van der Waals surface area contributed by atoms with Crippen LogP contribution in [0, 0.1) is 17.2 Å². The SMILES string of the molecule is COC(=O)[C@@H](C[C@@H](C)C#N)NC(=O)C(C)(c1ccccc1)c1ccccc1. The highest BCUT2D eigenvalue weighted by atomic mass is 16.5. The number of carbonyl (C=O) groups is 2. The molecule has 0 aliphatic rings. The van der Waals surface area contributed by atoms with Crippen molar-refractivity contribution in [2.75, 3.05) is 7.11 Å². The van der Waals surface area contributed by atoms with E-state index in [1.807, 2.05) is 67.6 Å². The molecule has 0 fully saturated rings. The topological polar surface area (TPSA) is 79.2 Å². The maximum atomic E-state index is 13.4. The van der Waals surface area contributed by atoms with Crippen LogP contribution >= 0.6 is 0 Å². The van der Waals surface area contributed by atoms with Crippen molar-refractivity contribution in [3.8, 4) is 6.07 Å². The summed E-state index contributed by atoms with van der Waals surface area (Å²) >= 11 is 0. The van der Waals surface area contributed by atoms with Gasteiger partial charge in [0.25, 0.3) is 0 Å². The quantitative estimate of drug-likeness (QED) is 0.765. The Hall–Kier alpha value is -3.13. The number of ether oxygens (including phenoxy) is 1. The predicted octanol–water partition coefficient (Wildman–Crippen LogP) is 3.20. The lowest BCUT2D eigenvalue weighted by Crippen LogP contribution is -2.50. The molecule has 0 unspecified atom stereocenters. The molecule has 27 heavy (non-hydrogen) atoms. The summed E-state index contributed by atoms with van der Waals surface area (Å²) in [6.07, 6.45) is 0.189. The number of benzene rings is 2. The second-order valence-electron chi connectivity index (χ2n) is 6.67. The number of esters is 1. The molecule has 2 aromatic carbocycles. The number of nitrogens with zero attached hydrogens (tertiary/aromatic N) is 1. The number of methoxy groups -OCH3 is 1. The van der Waals surface area contributed by atoms with Gasteiger partial charge in [0, 0.05) is 5.92 Å². The average Bonchev–Trinajstić information content (AvgIpc) is 2.72.